The number of unbranched alkanes of at least 4 members (excludes halogenated alkanes) is 13. The summed E-state index contributed by atoms with van der Waals surface area (Å²) in [7, 11) is 0. The van der Waals surface area contributed by atoms with Crippen molar-refractivity contribution in [1.82, 2.24) is 6.15 Å². The average Bonchev–Trinajstić information content (AvgIpc) is 2.45. The van der Waals surface area contributed by atoms with Crippen LogP contribution in [0.25, 0.3) is 0 Å². The maximum atomic E-state index is 5.47. The van der Waals surface area contributed by atoms with E-state index in [4.69, 9.17) is 5.73 Å². The van der Waals surface area contributed by atoms with Gasteiger partial charge >= 0.3 is 0 Å². The van der Waals surface area contributed by atoms with Gasteiger partial charge in [0.1, 0.15) is 0 Å². The van der Waals surface area contributed by atoms with E-state index in [1.807, 2.05) is 0 Å². The van der Waals surface area contributed by atoms with Crippen LogP contribution in [-0.4, -0.2) is 6.54 Å². The Balaban J connectivity index is -0.000000740. The first kappa shape index (κ1) is 25.9. The Morgan fingerprint density at radius 3 is 0.952 bits per heavy atom. The second kappa shape index (κ2) is 28.1. The van der Waals surface area contributed by atoms with Crippen LogP contribution in [0.2, 0.25) is 0 Å². The Bertz CT molecular complexity index is 124. The number of hydrogen-bond donors (Lipinski definition) is 2. The molecule has 2 heteroatoms. The first-order valence-electron chi connectivity index (χ1n) is 9.53. The molecular weight excluding hydrogens is 256 g/mol. The molecule has 2 nitrogen and oxygen atoms in total. The van der Waals surface area contributed by atoms with Gasteiger partial charge < -0.3 is 11.9 Å². The van der Waals surface area contributed by atoms with Gasteiger partial charge in [-0.1, -0.05) is 111 Å². The van der Waals surface area contributed by atoms with Crippen molar-refractivity contribution >= 4 is 0 Å². The van der Waals surface area contributed by atoms with Gasteiger partial charge in [0.05, 0.1) is 0 Å². The molecular formula is C19H46N2. The fourth-order valence-corrected chi connectivity index (χ4v) is 2.34. The molecule has 0 aromatic heterocycles. The topological polar surface area (TPSA) is 61.0 Å². The van der Waals surface area contributed by atoms with Crippen molar-refractivity contribution in [3.63, 3.8) is 0 Å². The Labute approximate surface area is 136 Å². The minimum Gasteiger partial charge on any atom is -0.344 e. The molecule has 0 aliphatic rings. The third kappa shape index (κ3) is 33.0. The fraction of sp³-hybridized carbons (Fsp3) is 1.00. The highest BCUT2D eigenvalue weighted by Crippen LogP contribution is 2.12. The van der Waals surface area contributed by atoms with Gasteiger partial charge in [0.2, 0.25) is 0 Å². The van der Waals surface area contributed by atoms with E-state index >= 15 is 0 Å². The van der Waals surface area contributed by atoms with Gasteiger partial charge in [-0.3, -0.25) is 0 Å². The number of nitrogens with two attached hydrogens (primary N) is 1. The summed E-state index contributed by atoms with van der Waals surface area (Å²) >= 11 is 0. The van der Waals surface area contributed by atoms with Crippen LogP contribution in [0.1, 0.15) is 117 Å². The van der Waals surface area contributed by atoms with Crippen molar-refractivity contribution in [2.24, 2.45) is 5.73 Å². The van der Waals surface area contributed by atoms with Crippen molar-refractivity contribution in [2.75, 3.05) is 6.54 Å². The summed E-state index contributed by atoms with van der Waals surface area (Å²) in [4.78, 5) is 0. The molecule has 0 amide bonds. The molecule has 0 heterocycles. The van der Waals surface area contributed by atoms with Crippen LogP contribution in [0.15, 0.2) is 0 Å². The van der Waals surface area contributed by atoms with Crippen molar-refractivity contribution in [1.29, 1.82) is 0 Å². The molecule has 0 saturated carbocycles. The molecule has 0 aromatic carbocycles. The average molecular weight is 303 g/mol. The normalized spacial score (nSPS) is 9.71. The van der Waals surface area contributed by atoms with Crippen molar-refractivity contribution in [3.8, 4) is 0 Å². The molecule has 0 atom stereocenters. The quantitative estimate of drug-likeness (QED) is 0.339. The van der Waals surface area contributed by atoms with Crippen LogP contribution in [0.3, 0.4) is 0 Å². The molecule has 0 bridgehead atoms. The standard InChI is InChI=1S/C16H35N.C3H8.H3N/c1-2-3-4-5-6-7-8-9-10-11-12-13-14-15-16-17;1-3-2;/h2-17H2,1H3;3H2,1-2H3;1H3. The van der Waals surface area contributed by atoms with E-state index in [0.717, 1.165) is 6.54 Å². The monoisotopic (exact) mass is 302 g/mol. The van der Waals surface area contributed by atoms with Crippen LogP contribution in [-0.2, 0) is 0 Å². The van der Waals surface area contributed by atoms with Crippen LogP contribution in [0.5, 0.6) is 0 Å². The lowest BCUT2D eigenvalue weighted by Crippen LogP contribution is -1.97. The van der Waals surface area contributed by atoms with Crippen molar-refractivity contribution in [3.05, 3.63) is 0 Å². The highest BCUT2D eigenvalue weighted by atomic mass is 14.5. The van der Waals surface area contributed by atoms with Gasteiger partial charge in [-0.15, -0.1) is 0 Å². The minimum atomic E-state index is 0. The maximum absolute atomic E-state index is 5.47. The first-order chi connectivity index (χ1) is 9.83. The molecule has 0 spiro atoms. The predicted molar refractivity (Wildman–Crippen MR) is 100 cm³/mol. The maximum Gasteiger partial charge on any atom is -0.00773 e. The lowest BCUT2D eigenvalue weighted by Gasteiger charge is -2.02. The number of hydrogen-bond acceptors (Lipinski definition) is 2. The van der Waals surface area contributed by atoms with Crippen molar-refractivity contribution < 1.29 is 0 Å². The lowest BCUT2D eigenvalue weighted by molar-refractivity contribution is 0.536. The van der Waals surface area contributed by atoms with E-state index in [9.17, 15) is 0 Å². The van der Waals surface area contributed by atoms with E-state index in [-0.39, 0.29) is 6.15 Å². The minimum absolute atomic E-state index is 0. The highest BCUT2D eigenvalue weighted by molar-refractivity contribution is 4.49. The Kier molecular flexibility index (Phi) is 34.6. The summed E-state index contributed by atoms with van der Waals surface area (Å²) in [5, 5.41) is 0. The molecule has 0 rings (SSSR count). The molecule has 0 aliphatic heterocycles. The van der Waals surface area contributed by atoms with Gasteiger partial charge in [0, 0.05) is 0 Å². The van der Waals surface area contributed by atoms with Crippen LogP contribution < -0.4 is 11.9 Å². The molecule has 0 fully saturated rings. The zero-order valence-electron chi connectivity index (χ0n) is 15.6. The first-order valence-corrected chi connectivity index (χ1v) is 9.53. The second-order valence-electron chi connectivity index (χ2n) is 6.09. The van der Waals surface area contributed by atoms with Crippen molar-refractivity contribution in [2.45, 2.75) is 117 Å². The Hall–Kier alpha value is -0.0800. The summed E-state index contributed by atoms with van der Waals surface area (Å²) < 4.78 is 0. The zero-order chi connectivity index (χ0) is 15.3. The summed E-state index contributed by atoms with van der Waals surface area (Å²) in [6.07, 6.45) is 21.1. The third-order valence-electron chi connectivity index (χ3n) is 3.56. The zero-order valence-corrected chi connectivity index (χ0v) is 15.6. The smallest absolute Gasteiger partial charge is 0.00773 e. The Morgan fingerprint density at radius 1 is 0.476 bits per heavy atom. The molecule has 5 N–H and O–H groups in total. The van der Waals surface area contributed by atoms with Crippen LogP contribution >= 0.6 is 0 Å². The summed E-state index contributed by atoms with van der Waals surface area (Å²) in [5.41, 5.74) is 5.47. The molecule has 0 unspecified atom stereocenters. The van der Waals surface area contributed by atoms with E-state index in [1.54, 1.807) is 0 Å². The molecule has 0 aromatic rings. The van der Waals surface area contributed by atoms with E-state index < -0.39 is 0 Å². The van der Waals surface area contributed by atoms with Gasteiger partial charge in [0.15, 0.2) is 0 Å². The molecule has 0 saturated heterocycles. The van der Waals surface area contributed by atoms with Crippen LogP contribution in [0.4, 0.5) is 0 Å². The SMILES string of the molecule is CCC.CCCCCCCCCCCCCCCCN.N. The second-order valence-corrected chi connectivity index (χ2v) is 6.09. The van der Waals surface area contributed by atoms with Crippen LogP contribution in [0, 0.1) is 0 Å². The molecule has 21 heavy (non-hydrogen) atoms. The lowest BCUT2D eigenvalue weighted by atomic mass is 10.0. The number of rotatable bonds is 14. The molecule has 0 aliphatic carbocycles. The molecule has 132 valence electrons. The highest BCUT2D eigenvalue weighted by Gasteiger charge is 1.93. The van der Waals surface area contributed by atoms with E-state index in [1.165, 1.54) is 96.3 Å². The third-order valence-corrected chi connectivity index (χ3v) is 3.56. The van der Waals surface area contributed by atoms with Gasteiger partial charge in [-0.25, -0.2) is 0 Å². The van der Waals surface area contributed by atoms with Gasteiger partial charge in [-0.2, -0.15) is 0 Å². The summed E-state index contributed by atoms with van der Waals surface area (Å²) in [6.45, 7) is 7.41. The predicted octanol–water partition coefficient (Wildman–Crippen LogP) is 7.00. The fourth-order valence-electron chi connectivity index (χ4n) is 2.34. The van der Waals surface area contributed by atoms with E-state index in [0.29, 0.717) is 0 Å². The largest absolute Gasteiger partial charge is 0.344 e. The Morgan fingerprint density at radius 2 is 0.714 bits per heavy atom. The summed E-state index contributed by atoms with van der Waals surface area (Å²) in [6, 6.07) is 0. The van der Waals surface area contributed by atoms with Gasteiger partial charge in [0.25, 0.3) is 0 Å². The summed E-state index contributed by atoms with van der Waals surface area (Å²) in [5.74, 6) is 0. The molecule has 0 radical (unpaired) electrons. The van der Waals surface area contributed by atoms with Gasteiger partial charge in [-0.05, 0) is 13.0 Å². The van der Waals surface area contributed by atoms with E-state index in [2.05, 4.69) is 20.8 Å².